The van der Waals surface area contributed by atoms with Crippen molar-refractivity contribution in [2.24, 2.45) is 0 Å². The summed E-state index contributed by atoms with van der Waals surface area (Å²) in [5, 5.41) is 8.83. The Morgan fingerprint density at radius 3 is 2.50 bits per heavy atom. The zero-order chi connectivity index (χ0) is 12.6. The van der Waals surface area contributed by atoms with Gasteiger partial charge in [-0.25, -0.2) is 13.1 Å². The highest BCUT2D eigenvalue weighted by atomic mass is 32.2. The van der Waals surface area contributed by atoms with E-state index in [0.29, 0.717) is 6.42 Å². The van der Waals surface area contributed by atoms with Gasteiger partial charge in [-0.15, -0.1) is 0 Å². The van der Waals surface area contributed by atoms with E-state index in [9.17, 15) is 13.2 Å². The molecule has 0 spiro atoms. The molecular formula is C9H19NO5S. The second kappa shape index (κ2) is 7.59. The van der Waals surface area contributed by atoms with Crippen LogP contribution in [0.2, 0.25) is 0 Å². The molecule has 0 aromatic rings. The van der Waals surface area contributed by atoms with Crippen molar-refractivity contribution < 1.29 is 23.1 Å². The van der Waals surface area contributed by atoms with Crippen molar-refractivity contribution >= 4 is 16.0 Å². The van der Waals surface area contributed by atoms with Gasteiger partial charge in [-0.05, 0) is 13.3 Å². The monoisotopic (exact) mass is 253 g/mol. The van der Waals surface area contributed by atoms with E-state index in [1.54, 1.807) is 13.8 Å². The first-order chi connectivity index (χ1) is 7.45. The van der Waals surface area contributed by atoms with Crippen molar-refractivity contribution in [2.75, 3.05) is 19.0 Å². The lowest BCUT2D eigenvalue weighted by Gasteiger charge is -2.13. The Morgan fingerprint density at radius 2 is 2.06 bits per heavy atom. The number of sulfonamides is 1. The second-order valence-corrected chi connectivity index (χ2v) is 5.15. The maximum Gasteiger partial charge on any atom is 0.306 e. The number of hydrogen-bond acceptors (Lipinski definition) is 5. The first-order valence-electron chi connectivity index (χ1n) is 5.21. The average molecular weight is 253 g/mol. The number of nitrogens with one attached hydrogen (secondary N) is 1. The molecule has 0 saturated carbocycles. The molecular weight excluding hydrogens is 234 g/mol. The normalized spacial score (nSPS) is 13.4. The van der Waals surface area contributed by atoms with Gasteiger partial charge < -0.3 is 9.84 Å². The van der Waals surface area contributed by atoms with Gasteiger partial charge >= 0.3 is 5.97 Å². The van der Waals surface area contributed by atoms with Crippen LogP contribution >= 0.6 is 0 Å². The van der Waals surface area contributed by atoms with Crippen LogP contribution in [0.1, 0.15) is 26.7 Å². The van der Waals surface area contributed by atoms with Crippen molar-refractivity contribution in [2.45, 2.75) is 32.7 Å². The molecule has 16 heavy (non-hydrogen) atoms. The SMILES string of the molecule is CCOC(=O)CCS(=O)(=O)N[C@@H](CC)CO. The Kier molecular flexibility index (Phi) is 7.27. The predicted molar refractivity (Wildman–Crippen MR) is 59.3 cm³/mol. The Balaban J connectivity index is 4.10. The van der Waals surface area contributed by atoms with Crippen molar-refractivity contribution in [1.29, 1.82) is 0 Å². The molecule has 0 aliphatic rings. The van der Waals surface area contributed by atoms with Gasteiger partial charge in [-0.1, -0.05) is 6.92 Å². The Labute approximate surface area is 96.0 Å². The lowest BCUT2D eigenvalue weighted by Crippen LogP contribution is -2.38. The van der Waals surface area contributed by atoms with Crippen molar-refractivity contribution in [3.63, 3.8) is 0 Å². The van der Waals surface area contributed by atoms with Gasteiger partial charge in [0.1, 0.15) is 0 Å². The van der Waals surface area contributed by atoms with Crippen LogP contribution in [-0.4, -0.2) is 44.5 Å². The van der Waals surface area contributed by atoms with Gasteiger partial charge in [-0.3, -0.25) is 4.79 Å². The largest absolute Gasteiger partial charge is 0.466 e. The highest BCUT2D eigenvalue weighted by molar-refractivity contribution is 7.89. The molecule has 0 radical (unpaired) electrons. The van der Waals surface area contributed by atoms with E-state index in [-0.39, 0.29) is 25.4 Å². The van der Waals surface area contributed by atoms with Crippen molar-refractivity contribution in [3.05, 3.63) is 0 Å². The number of carbonyl (C=O) groups excluding carboxylic acids is 1. The topological polar surface area (TPSA) is 92.7 Å². The molecule has 0 aromatic carbocycles. The molecule has 0 amide bonds. The molecule has 0 fully saturated rings. The molecule has 0 saturated heterocycles. The first kappa shape index (κ1) is 15.3. The summed E-state index contributed by atoms with van der Waals surface area (Å²) in [6, 6.07) is -0.493. The number of carbonyl (C=O) groups is 1. The average Bonchev–Trinajstić information content (AvgIpc) is 2.24. The number of esters is 1. The zero-order valence-corrected chi connectivity index (χ0v) is 10.4. The molecule has 2 N–H and O–H groups in total. The van der Waals surface area contributed by atoms with Gasteiger partial charge in [0.25, 0.3) is 0 Å². The molecule has 0 bridgehead atoms. The Hall–Kier alpha value is -0.660. The molecule has 1 atom stereocenters. The lowest BCUT2D eigenvalue weighted by molar-refractivity contribution is -0.142. The van der Waals surface area contributed by atoms with E-state index in [0.717, 1.165) is 0 Å². The summed E-state index contributed by atoms with van der Waals surface area (Å²) >= 11 is 0. The minimum atomic E-state index is -3.53. The summed E-state index contributed by atoms with van der Waals surface area (Å²) < 4.78 is 29.8. The Bertz CT molecular complexity index is 297. The minimum absolute atomic E-state index is 0.176. The van der Waals surface area contributed by atoms with Crippen LogP contribution in [0.25, 0.3) is 0 Å². The standard InChI is InChI=1S/C9H19NO5S/c1-3-8(7-11)10-16(13,14)6-5-9(12)15-4-2/h8,10-11H,3-7H2,1-2H3/t8-/m0/s1. The molecule has 0 aromatic heterocycles. The molecule has 0 aliphatic heterocycles. The number of ether oxygens (including phenoxy) is 1. The smallest absolute Gasteiger partial charge is 0.306 e. The summed E-state index contributed by atoms with van der Waals surface area (Å²) in [6.45, 7) is 3.40. The van der Waals surface area contributed by atoms with Crippen LogP contribution in [0.5, 0.6) is 0 Å². The van der Waals surface area contributed by atoms with Gasteiger partial charge in [0.05, 0.1) is 25.4 Å². The molecule has 96 valence electrons. The number of aliphatic hydroxyl groups excluding tert-OH is 1. The van der Waals surface area contributed by atoms with Crippen LogP contribution in [0.15, 0.2) is 0 Å². The minimum Gasteiger partial charge on any atom is -0.466 e. The highest BCUT2D eigenvalue weighted by Crippen LogP contribution is 1.97. The zero-order valence-electron chi connectivity index (χ0n) is 9.60. The summed E-state index contributed by atoms with van der Waals surface area (Å²) in [5.74, 6) is -0.854. The summed E-state index contributed by atoms with van der Waals surface area (Å²) in [5.41, 5.74) is 0. The third kappa shape index (κ3) is 6.76. The van der Waals surface area contributed by atoms with E-state index in [1.165, 1.54) is 0 Å². The third-order valence-electron chi connectivity index (χ3n) is 1.94. The molecule has 0 aliphatic carbocycles. The van der Waals surface area contributed by atoms with Gasteiger partial charge in [-0.2, -0.15) is 0 Å². The van der Waals surface area contributed by atoms with Gasteiger partial charge in [0.2, 0.25) is 10.0 Å². The lowest BCUT2D eigenvalue weighted by atomic mass is 10.3. The fourth-order valence-electron chi connectivity index (χ4n) is 1.01. The van der Waals surface area contributed by atoms with Crippen LogP contribution in [0, 0.1) is 0 Å². The Morgan fingerprint density at radius 1 is 1.44 bits per heavy atom. The van der Waals surface area contributed by atoms with E-state index in [2.05, 4.69) is 9.46 Å². The van der Waals surface area contributed by atoms with Crippen molar-refractivity contribution in [1.82, 2.24) is 4.72 Å². The molecule has 0 heterocycles. The fraction of sp³-hybridized carbons (Fsp3) is 0.889. The van der Waals surface area contributed by atoms with Crippen LogP contribution in [-0.2, 0) is 19.6 Å². The van der Waals surface area contributed by atoms with Crippen molar-refractivity contribution in [3.8, 4) is 0 Å². The fourth-order valence-corrected chi connectivity index (χ4v) is 2.32. The second-order valence-electron chi connectivity index (χ2n) is 3.28. The van der Waals surface area contributed by atoms with Crippen LogP contribution in [0.4, 0.5) is 0 Å². The van der Waals surface area contributed by atoms with E-state index in [1.807, 2.05) is 0 Å². The number of hydrogen-bond donors (Lipinski definition) is 2. The summed E-state index contributed by atoms with van der Waals surface area (Å²) in [7, 11) is -3.53. The summed E-state index contributed by atoms with van der Waals surface area (Å²) in [4.78, 5) is 11.0. The maximum absolute atomic E-state index is 11.4. The molecule has 0 unspecified atom stereocenters. The van der Waals surface area contributed by atoms with E-state index in [4.69, 9.17) is 5.11 Å². The quantitative estimate of drug-likeness (QED) is 0.576. The van der Waals surface area contributed by atoms with E-state index >= 15 is 0 Å². The van der Waals surface area contributed by atoms with Gasteiger partial charge in [0, 0.05) is 6.04 Å². The molecule has 0 rings (SSSR count). The maximum atomic E-state index is 11.4. The van der Waals surface area contributed by atoms with E-state index < -0.39 is 22.0 Å². The first-order valence-corrected chi connectivity index (χ1v) is 6.86. The number of aliphatic hydroxyl groups is 1. The van der Waals surface area contributed by atoms with Crippen LogP contribution in [0.3, 0.4) is 0 Å². The molecule has 6 nitrogen and oxygen atoms in total. The summed E-state index contributed by atoms with van der Waals surface area (Å²) in [6.07, 6.45) is 0.320. The highest BCUT2D eigenvalue weighted by Gasteiger charge is 2.17. The number of rotatable bonds is 8. The van der Waals surface area contributed by atoms with Crippen LogP contribution < -0.4 is 4.72 Å². The van der Waals surface area contributed by atoms with Gasteiger partial charge in [0.15, 0.2) is 0 Å². The third-order valence-corrected chi connectivity index (χ3v) is 3.37. The predicted octanol–water partition coefficient (Wildman–Crippen LogP) is -0.370. The molecule has 7 heteroatoms.